The Morgan fingerprint density at radius 2 is 1.79 bits per heavy atom. The molecule has 2 unspecified atom stereocenters. The van der Waals surface area contributed by atoms with Gasteiger partial charge in [-0.3, -0.25) is 9.59 Å². The number of ketones is 1. The Balaban J connectivity index is 1.77. The van der Waals surface area contributed by atoms with E-state index in [9.17, 15) is 14.7 Å². The van der Waals surface area contributed by atoms with Crippen molar-refractivity contribution >= 4 is 11.8 Å². The van der Waals surface area contributed by atoms with Crippen LogP contribution in [0.3, 0.4) is 0 Å². The SMILES string of the molecule is C[C@H]1CCC[C@@]2(C)C1CCC2C(C)(C)/C=C/C(=O)C1(C(=O)O)CC1. The summed E-state index contributed by atoms with van der Waals surface area (Å²) in [5.41, 5.74) is -0.808. The zero-order valence-corrected chi connectivity index (χ0v) is 15.6. The molecule has 3 fully saturated rings. The van der Waals surface area contributed by atoms with Gasteiger partial charge in [0.25, 0.3) is 0 Å². The Morgan fingerprint density at radius 3 is 2.38 bits per heavy atom. The molecule has 0 bridgehead atoms. The Bertz CT molecular complexity index is 570. The molecule has 0 amide bonds. The van der Waals surface area contributed by atoms with E-state index in [0.29, 0.717) is 24.2 Å². The molecule has 3 aliphatic rings. The number of aliphatic carboxylic acids is 1. The van der Waals surface area contributed by atoms with E-state index in [-0.39, 0.29) is 11.2 Å². The second-order valence-electron chi connectivity index (χ2n) is 9.52. The van der Waals surface area contributed by atoms with Gasteiger partial charge < -0.3 is 5.11 Å². The molecule has 3 saturated carbocycles. The minimum atomic E-state index is -1.10. The number of carbonyl (C=O) groups excluding carboxylic acids is 1. The van der Waals surface area contributed by atoms with E-state index in [0.717, 1.165) is 11.8 Å². The van der Waals surface area contributed by atoms with Crippen LogP contribution in [0, 0.1) is 34.0 Å². The quantitative estimate of drug-likeness (QED) is 0.578. The highest BCUT2D eigenvalue weighted by Gasteiger charge is 2.56. The van der Waals surface area contributed by atoms with Gasteiger partial charge in [-0.25, -0.2) is 0 Å². The van der Waals surface area contributed by atoms with Crippen molar-refractivity contribution in [1.82, 2.24) is 0 Å². The normalized spacial score (nSPS) is 38.1. The number of carboxylic acid groups (broad SMARTS) is 1. The molecule has 0 aliphatic heterocycles. The lowest BCUT2D eigenvalue weighted by Crippen LogP contribution is -2.41. The van der Waals surface area contributed by atoms with Crippen molar-refractivity contribution in [2.24, 2.45) is 34.0 Å². The molecule has 24 heavy (non-hydrogen) atoms. The second kappa shape index (κ2) is 5.71. The third-order valence-electron chi connectivity index (χ3n) is 7.66. The van der Waals surface area contributed by atoms with E-state index in [2.05, 4.69) is 27.7 Å². The van der Waals surface area contributed by atoms with E-state index < -0.39 is 11.4 Å². The van der Waals surface area contributed by atoms with E-state index in [1.54, 1.807) is 6.08 Å². The van der Waals surface area contributed by atoms with Crippen molar-refractivity contribution in [1.29, 1.82) is 0 Å². The van der Waals surface area contributed by atoms with Gasteiger partial charge >= 0.3 is 5.97 Å². The lowest BCUT2D eigenvalue weighted by Gasteiger charge is -2.48. The minimum Gasteiger partial charge on any atom is -0.480 e. The van der Waals surface area contributed by atoms with Crippen LogP contribution < -0.4 is 0 Å². The molecule has 0 aromatic rings. The van der Waals surface area contributed by atoms with Gasteiger partial charge in [-0.2, -0.15) is 0 Å². The number of allylic oxidation sites excluding steroid dienone is 2. The number of hydrogen-bond donors (Lipinski definition) is 1. The molecule has 3 heteroatoms. The van der Waals surface area contributed by atoms with E-state index in [4.69, 9.17) is 0 Å². The molecule has 0 aromatic carbocycles. The fourth-order valence-corrected chi connectivity index (χ4v) is 6.04. The fraction of sp³-hybridized carbons (Fsp3) is 0.810. The summed E-state index contributed by atoms with van der Waals surface area (Å²) in [6, 6.07) is 0. The molecule has 4 atom stereocenters. The predicted octanol–water partition coefficient (Wildman–Crippen LogP) is 4.86. The predicted molar refractivity (Wildman–Crippen MR) is 94.6 cm³/mol. The third-order valence-corrected chi connectivity index (χ3v) is 7.66. The summed E-state index contributed by atoms with van der Waals surface area (Å²) >= 11 is 0. The average Bonchev–Trinajstić information content (AvgIpc) is 3.22. The molecule has 1 N–H and O–H groups in total. The van der Waals surface area contributed by atoms with Gasteiger partial charge in [0.1, 0.15) is 5.41 Å². The first kappa shape index (κ1) is 17.7. The lowest BCUT2D eigenvalue weighted by atomic mass is 9.56. The van der Waals surface area contributed by atoms with Gasteiger partial charge in [0.05, 0.1) is 0 Å². The molecular formula is C21H32O3. The Kier molecular flexibility index (Phi) is 4.21. The van der Waals surface area contributed by atoms with E-state index in [1.165, 1.54) is 32.1 Å². The van der Waals surface area contributed by atoms with Crippen molar-refractivity contribution < 1.29 is 14.7 Å². The van der Waals surface area contributed by atoms with Crippen LogP contribution in [0.15, 0.2) is 12.2 Å². The minimum absolute atomic E-state index is 0.0647. The Labute approximate surface area is 145 Å². The summed E-state index contributed by atoms with van der Waals surface area (Å²) in [5.74, 6) is 1.01. The lowest BCUT2D eigenvalue weighted by molar-refractivity contribution is -0.146. The monoisotopic (exact) mass is 332 g/mol. The van der Waals surface area contributed by atoms with Gasteiger partial charge in [0.2, 0.25) is 0 Å². The molecule has 0 spiro atoms. The summed E-state index contributed by atoms with van der Waals surface area (Å²) in [5, 5.41) is 9.28. The van der Waals surface area contributed by atoms with Crippen LogP contribution in [0.1, 0.15) is 72.6 Å². The summed E-state index contributed by atoms with van der Waals surface area (Å²) in [6.07, 6.45) is 11.1. The zero-order chi connectivity index (χ0) is 17.8. The highest BCUT2D eigenvalue weighted by molar-refractivity contribution is 6.11. The van der Waals surface area contributed by atoms with Gasteiger partial charge in [-0.05, 0) is 66.8 Å². The average molecular weight is 332 g/mol. The van der Waals surface area contributed by atoms with Crippen LogP contribution in [0.4, 0.5) is 0 Å². The number of carbonyl (C=O) groups is 2. The topological polar surface area (TPSA) is 54.4 Å². The van der Waals surface area contributed by atoms with Gasteiger partial charge in [0.15, 0.2) is 5.78 Å². The largest absolute Gasteiger partial charge is 0.480 e. The summed E-state index contributed by atoms with van der Waals surface area (Å²) in [6.45, 7) is 9.33. The Morgan fingerprint density at radius 1 is 1.12 bits per heavy atom. The molecule has 0 aromatic heterocycles. The fourth-order valence-electron chi connectivity index (χ4n) is 6.04. The molecule has 0 radical (unpaired) electrons. The first-order valence-corrected chi connectivity index (χ1v) is 9.60. The summed E-state index contributed by atoms with van der Waals surface area (Å²) in [7, 11) is 0. The van der Waals surface area contributed by atoms with Crippen LogP contribution in [0.2, 0.25) is 0 Å². The maximum absolute atomic E-state index is 12.4. The molecule has 134 valence electrons. The Hall–Kier alpha value is -1.12. The first-order valence-electron chi connectivity index (χ1n) is 9.60. The first-order chi connectivity index (χ1) is 11.1. The maximum Gasteiger partial charge on any atom is 0.317 e. The maximum atomic E-state index is 12.4. The van der Waals surface area contributed by atoms with Crippen LogP contribution in [0.25, 0.3) is 0 Å². The molecule has 0 heterocycles. The van der Waals surface area contributed by atoms with Crippen molar-refractivity contribution in [3.63, 3.8) is 0 Å². The van der Waals surface area contributed by atoms with E-state index in [1.807, 2.05) is 6.08 Å². The molecule has 0 saturated heterocycles. The number of rotatable bonds is 5. The van der Waals surface area contributed by atoms with Gasteiger partial charge in [-0.15, -0.1) is 0 Å². The number of carboxylic acids is 1. The molecular weight excluding hydrogens is 300 g/mol. The summed E-state index contributed by atoms with van der Waals surface area (Å²) in [4.78, 5) is 23.7. The van der Waals surface area contributed by atoms with Crippen LogP contribution in [-0.4, -0.2) is 16.9 Å². The van der Waals surface area contributed by atoms with Crippen LogP contribution in [-0.2, 0) is 9.59 Å². The smallest absolute Gasteiger partial charge is 0.317 e. The highest BCUT2D eigenvalue weighted by atomic mass is 16.4. The number of fused-ring (bicyclic) bond motifs is 1. The highest BCUT2D eigenvalue weighted by Crippen LogP contribution is 2.62. The number of hydrogen-bond acceptors (Lipinski definition) is 2. The molecule has 3 aliphatic carbocycles. The van der Waals surface area contributed by atoms with Crippen molar-refractivity contribution in [2.45, 2.75) is 72.6 Å². The van der Waals surface area contributed by atoms with Gasteiger partial charge in [-0.1, -0.05) is 46.6 Å². The second-order valence-corrected chi connectivity index (χ2v) is 9.52. The van der Waals surface area contributed by atoms with Crippen molar-refractivity contribution in [2.75, 3.05) is 0 Å². The molecule has 3 rings (SSSR count). The molecule has 3 nitrogen and oxygen atoms in total. The standard InChI is InChI=1S/C21H32O3/c1-14-6-5-10-20(4)15(14)7-8-16(20)19(2,3)11-9-17(22)21(12-13-21)18(23)24/h9,11,14-16H,5-8,10,12-13H2,1-4H3,(H,23,24)/b11-9+/t14-,15?,16?,20-/m0/s1. The van der Waals surface area contributed by atoms with Crippen LogP contribution >= 0.6 is 0 Å². The van der Waals surface area contributed by atoms with Crippen molar-refractivity contribution in [3.05, 3.63) is 12.2 Å². The van der Waals surface area contributed by atoms with Crippen LogP contribution in [0.5, 0.6) is 0 Å². The van der Waals surface area contributed by atoms with Gasteiger partial charge in [0, 0.05) is 0 Å². The van der Waals surface area contributed by atoms with Crippen molar-refractivity contribution in [3.8, 4) is 0 Å². The van der Waals surface area contributed by atoms with E-state index >= 15 is 0 Å². The third kappa shape index (κ3) is 2.64. The summed E-state index contributed by atoms with van der Waals surface area (Å²) < 4.78 is 0. The zero-order valence-electron chi connectivity index (χ0n) is 15.6.